The summed E-state index contributed by atoms with van der Waals surface area (Å²) in [5, 5.41) is 13.2. The number of nitrogens with zero attached hydrogens (tertiary/aromatic N) is 1. The lowest BCUT2D eigenvalue weighted by Crippen LogP contribution is -2.27. The normalized spacial score (nSPS) is 15.0. The molecule has 0 aromatic heterocycles. The van der Waals surface area contributed by atoms with E-state index in [-0.39, 0.29) is 12.5 Å². The number of fused-ring (bicyclic) bond motifs is 1. The van der Waals surface area contributed by atoms with Gasteiger partial charge in [-0.3, -0.25) is 4.79 Å². The molecule has 1 atom stereocenters. The van der Waals surface area contributed by atoms with E-state index in [1.165, 1.54) is 6.08 Å². The molecule has 0 fully saturated rings. The number of aliphatic hydroxyl groups is 1. The predicted octanol–water partition coefficient (Wildman–Crippen LogP) is 1.38. The zero-order valence-electron chi connectivity index (χ0n) is 13.2. The first-order chi connectivity index (χ1) is 11.0. The molecule has 126 valence electrons. The minimum atomic E-state index is -0.880. The van der Waals surface area contributed by atoms with Gasteiger partial charge in [-0.1, -0.05) is 17.7 Å². The molecule has 1 aromatic rings. The van der Waals surface area contributed by atoms with Gasteiger partial charge in [0.05, 0.1) is 11.1 Å². The number of ether oxygens (including phenoxy) is 2. The van der Waals surface area contributed by atoms with Gasteiger partial charge in [0.1, 0.15) is 13.2 Å². The van der Waals surface area contributed by atoms with Crippen LogP contribution < -0.4 is 14.8 Å². The molecule has 1 aliphatic rings. The molecule has 0 bridgehead atoms. The van der Waals surface area contributed by atoms with Crippen LogP contribution in [0.3, 0.4) is 0 Å². The van der Waals surface area contributed by atoms with Crippen LogP contribution in [0.1, 0.15) is 11.7 Å². The summed E-state index contributed by atoms with van der Waals surface area (Å²) in [6.07, 6.45) is 2.32. The maximum Gasteiger partial charge on any atom is 0.243 e. The topological polar surface area (TPSA) is 71.0 Å². The molecule has 2 rings (SSSR count). The van der Waals surface area contributed by atoms with Gasteiger partial charge in [0.15, 0.2) is 11.5 Å². The molecular weight excluding hydrogens is 320 g/mol. The van der Waals surface area contributed by atoms with Crippen molar-refractivity contribution >= 4 is 17.5 Å². The van der Waals surface area contributed by atoms with Gasteiger partial charge in [0.25, 0.3) is 0 Å². The zero-order chi connectivity index (χ0) is 16.8. The van der Waals surface area contributed by atoms with Gasteiger partial charge in [-0.05, 0) is 31.8 Å². The van der Waals surface area contributed by atoms with Crippen molar-refractivity contribution in [1.82, 2.24) is 10.2 Å². The van der Waals surface area contributed by atoms with E-state index in [9.17, 15) is 9.90 Å². The third kappa shape index (κ3) is 5.13. The van der Waals surface area contributed by atoms with Gasteiger partial charge in [-0.15, -0.1) is 0 Å². The fourth-order valence-corrected chi connectivity index (χ4v) is 2.34. The third-order valence-corrected chi connectivity index (χ3v) is 3.49. The number of amides is 1. The van der Waals surface area contributed by atoms with Gasteiger partial charge in [-0.2, -0.15) is 0 Å². The fourth-order valence-electron chi connectivity index (χ4n) is 2.07. The second-order valence-corrected chi connectivity index (χ2v) is 5.86. The molecule has 0 saturated carbocycles. The number of aliphatic hydroxyl groups excluding tert-OH is 1. The number of hydrogen-bond acceptors (Lipinski definition) is 5. The van der Waals surface area contributed by atoms with E-state index in [1.54, 1.807) is 18.2 Å². The van der Waals surface area contributed by atoms with Crippen LogP contribution in [-0.2, 0) is 4.79 Å². The molecule has 1 aliphatic heterocycles. The third-order valence-electron chi connectivity index (χ3n) is 3.21. The summed E-state index contributed by atoms with van der Waals surface area (Å²) in [4.78, 5) is 13.6. The van der Waals surface area contributed by atoms with Crippen molar-refractivity contribution in [3.05, 3.63) is 34.9 Å². The number of halogens is 1. The number of benzene rings is 1. The Morgan fingerprint density at radius 2 is 2.17 bits per heavy atom. The lowest BCUT2D eigenvalue weighted by Gasteiger charge is -2.21. The summed E-state index contributed by atoms with van der Waals surface area (Å²) < 4.78 is 10.9. The van der Waals surface area contributed by atoms with Crippen molar-refractivity contribution in [3.63, 3.8) is 0 Å². The molecular formula is C16H21ClN2O4. The number of nitrogens with one attached hydrogen (secondary N) is 1. The molecule has 1 aromatic carbocycles. The Morgan fingerprint density at radius 3 is 2.91 bits per heavy atom. The Morgan fingerprint density at radius 1 is 1.43 bits per heavy atom. The van der Waals surface area contributed by atoms with Crippen LogP contribution in [-0.4, -0.2) is 56.3 Å². The summed E-state index contributed by atoms with van der Waals surface area (Å²) in [5.41, 5.74) is 0.567. The Kier molecular flexibility index (Phi) is 6.27. The first-order valence-electron chi connectivity index (χ1n) is 7.33. The molecule has 2 N–H and O–H groups in total. The SMILES string of the molecule is CN(C)C/C=C/C(=O)NCC(O)c1cc(Cl)c2c(c1)OCCO2. The van der Waals surface area contributed by atoms with Crippen LogP contribution in [0.25, 0.3) is 0 Å². The van der Waals surface area contributed by atoms with Crippen LogP contribution in [0.5, 0.6) is 11.5 Å². The van der Waals surface area contributed by atoms with Crippen LogP contribution in [0.15, 0.2) is 24.3 Å². The van der Waals surface area contributed by atoms with Gasteiger partial charge in [0.2, 0.25) is 5.91 Å². The van der Waals surface area contributed by atoms with Gasteiger partial charge < -0.3 is 24.8 Å². The van der Waals surface area contributed by atoms with Crippen molar-refractivity contribution in [2.45, 2.75) is 6.10 Å². The molecule has 1 heterocycles. The average Bonchev–Trinajstić information content (AvgIpc) is 2.52. The van der Waals surface area contributed by atoms with E-state index < -0.39 is 6.10 Å². The minimum absolute atomic E-state index is 0.0844. The Hall–Kier alpha value is -1.76. The standard InChI is InChI=1S/C16H21ClN2O4/c1-19(2)5-3-4-15(21)18-10-13(20)11-8-12(17)16-14(9-11)22-6-7-23-16/h3-4,8-9,13,20H,5-7,10H2,1-2H3,(H,18,21)/b4-3+. The Balaban J connectivity index is 1.93. The number of rotatable bonds is 6. The number of hydrogen-bond donors (Lipinski definition) is 2. The summed E-state index contributed by atoms with van der Waals surface area (Å²) in [7, 11) is 3.83. The summed E-state index contributed by atoms with van der Waals surface area (Å²) in [5.74, 6) is 0.745. The van der Waals surface area contributed by atoms with E-state index in [1.807, 2.05) is 19.0 Å². The minimum Gasteiger partial charge on any atom is -0.486 e. The van der Waals surface area contributed by atoms with Crippen molar-refractivity contribution in [3.8, 4) is 11.5 Å². The Labute approximate surface area is 140 Å². The highest BCUT2D eigenvalue weighted by Gasteiger charge is 2.19. The molecule has 0 radical (unpaired) electrons. The van der Waals surface area contributed by atoms with E-state index in [0.29, 0.717) is 41.8 Å². The van der Waals surface area contributed by atoms with Gasteiger partial charge in [0, 0.05) is 19.2 Å². The van der Waals surface area contributed by atoms with E-state index in [2.05, 4.69) is 5.32 Å². The number of carbonyl (C=O) groups excluding carboxylic acids is 1. The zero-order valence-corrected chi connectivity index (χ0v) is 14.0. The highest BCUT2D eigenvalue weighted by atomic mass is 35.5. The Bertz CT molecular complexity index is 590. The molecule has 0 spiro atoms. The highest BCUT2D eigenvalue weighted by Crippen LogP contribution is 2.39. The van der Waals surface area contributed by atoms with Crippen LogP contribution in [0.4, 0.5) is 0 Å². The fraction of sp³-hybridized carbons (Fsp3) is 0.438. The molecule has 1 unspecified atom stereocenters. The summed E-state index contributed by atoms with van der Waals surface area (Å²) in [6, 6.07) is 3.30. The largest absolute Gasteiger partial charge is 0.486 e. The maximum atomic E-state index is 11.7. The predicted molar refractivity (Wildman–Crippen MR) is 88.1 cm³/mol. The molecule has 6 nitrogen and oxygen atoms in total. The monoisotopic (exact) mass is 340 g/mol. The molecule has 7 heteroatoms. The quantitative estimate of drug-likeness (QED) is 0.766. The van der Waals surface area contributed by atoms with Gasteiger partial charge in [-0.25, -0.2) is 0 Å². The van der Waals surface area contributed by atoms with Crippen molar-refractivity contribution in [2.24, 2.45) is 0 Å². The second-order valence-electron chi connectivity index (χ2n) is 5.45. The lowest BCUT2D eigenvalue weighted by atomic mass is 10.1. The average molecular weight is 341 g/mol. The summed E-state index contributed by atoms with van der Waals surface area (Å²) in [6.45, 7) is 1.65. The molecule has 1 amide bonds. The second kappa shape index (κ2) is 8.19. The van der Waals surface area contributed by atoms with Crippen molar-refractivity contribution in [2.75, 3.05) is 40.4 Å². The van der Waals surface area contributed by atoms with Crippen LogP contribution in [0, 0.1) is 0 Å². The molecule has 0 aliphatic carbocycles. The maximum absolute atomic E-state index is 11.7. The van der Waals surface area contributed by atoms with Crippen molar-refractivity contribution in [1.29, 1.82) is 0 Å². The van der Waals surface area contributed by atoms with E-state index >= 15 is 0 Å². The number of carbonyl (C=O) groups is 1. The smallest absolute Gasteiger partial charge is 0.243 e. The first-order valence-corrected chi connectivity index (χ1v) is 7.71. The lowest BCUT2D eigenvalue weighted by molar-refractivity contribution is -0.117. The van der Waals surface area contributed by atoms with Crippen LogP contribution >= 0.6 is 11.6 Å². The number of likely N-dealkylation sites (N-methyl/N-ethyl adjacent to an activating group) is 1. The molecule has 23 heavy (non-hydrogen) atoms. The van der Waals surface area contributed by atoms with E-state index in [4.69, 9.17) is 21.1 Å². The van der Waals surface area contributed by atoms with Crippen molar-refractivity contribution < 1.29 is 19.4 Å². The van der Waals surface area contributed by atoms with Gasteiger partial charge >= 0.3 is 0 Å². The molecule has 0 saturated heterocycles. The first kappa shape index (κ1) is 17.6. The summed E-state index contributed by atoms with van der Waals surface area (Å²) >= 11 is 6.13. The van der Waals surface area contributed by atoms with Crippen LogP contribution in [0.2, 0.25) is 5.02 Å². The van der Waals surface area contributed by atoms with E-state index in [0.717, 1.165) is 0 Å². The highest BCUT2D eigenvalue weighted by molar-refractivity contribution is 6.32.